The fraction of sp³-hybridized carbons (Fsp3) is 0.929. The van der Waals surface area contributed by atoms with Crippen LogP contribution in [-0.4, -0.2) is 33.7 Å². The summed E-state index contributed by atoms with van der Waals surface area (Å²) in [4.78, 5) is 11.6. The van der Waals surface area contributed by atoms with E-state index in [1.165, 1.54) is 0 Å². The van der Waals surface area contributed by atoms with Crippen LogP contribution in [0.4, 0.5) is 0 Å². The van der Waals surface area contributed by atoms with E-state index in [1.807, 2.05) is 25.6 Å². The van der Waals surface area contributed by atoms with Gasteiger partial charge in [-0.15, -0.1) is 0 Å². The maximum atomic E-state index is 11.6. The van der Waals surface area contributed by atoms with Gasteiger partial charge in [-0.1, -0.05) is 34.6 Å². The first kappa shape index (κ1) is 17.8. The van der Waals surface area contributed by atoms with E-state index < -0.39 is 5.60 Å². The van der Waals surface area contributed by atoms with Gasteiger partial charge in [-0.05, 0) is 25.0 Å². The molecule has 108 valence electrons. The van der Waals surface area contributed by atoms with Crippen molar-refractivity contribution >= 4 is 17.7 Å². The molecule has 4 heteroatoms. The van der Waals surface area contributed by atoms with Crippen LogP contribution in [0.25, 0.3) is 0 Å². The molecule has 18 heavy (non-hydrogen) atoms. The smallest absolute Gasteiger partial charge is 0.220 e. The Labute approximate surface area is 116 Å². The third kappa shape index (κ3) is 8.81. The zero-order chi connectivity index (χ0) is 14.4. The molecule has 0 fully saturated rings. The molecule has 0 aliphatic rings. The van der Waals surface area contributed by atoms with Gasteiger partial charge in [0.15, 0.2) is 0 Å². The van der Waals surface area contributed by atoms with Gasteiger partial charge in [0.2, 0.25) is 5.91 Å². The van der Waals surface area contributed by atoms with Crippen molar-refractivity contribution in [3.63, 3.8) is 0 Å². The molecule has 0 spiro atoms. The molecule has 0 saturated heterocycles. The normalized spacial score (nSPS) is 15.6. The van der Waals surface area contributed by atoms with Crippen molar-refractivity contribution in [1.29, 1.82) is 0 Å². The van der Waals surface area contributed by atoms with E-state index in [2.05, 4.69) is 26.1 Å². The fourth-order valence-electron chi connectivity index (χ4n) is 1.18. The van der Waals surface area contributed by atoms with E-state index >= 15 is 0 Å². The lowest BCUT2D eigenvalue weighted by Crippen LogP contribution is -2.44. The number of hydrogen-bond donors (Lipinski definition) is 2. The van der Waals surface area contributed by atoms with Crippen molar-refractivity contribution < 1.29 is 9.90 Å². The summed E-state index contributed by atoms with van der Waals surface area (Å²) in [6.07, 6.45) is 1.43. The molecule has 0 rings (SSSR count). The van der Waals surface area contributed by atoms with E-state index in [9.17, 15) is 9.90 Å². The Kier molecular flexibility index (Phi) is 7.30. The lowest BCUT2D eigenvalue weighted by Gasteiger charge is -2.27. The minimum atomic E-state index is -0.824. The van der Waals surface area contributed by atoms with Crippen LogP contribution in [0.2, 0.25) is 0 Å². The topological polar surface area (TPSA) is 49.3 Å². The minimum Gasteiger partial charge on any atom is -0.388 e. The maximum absolute atomic E-state index is 11.6. The molecule has 0 bridgehead atoms. The number of carbonyl (C=O) groups is 1. The van der Waals surface area contributed by atoms with Gasteiger partial charge in [-0.25, -0.2) is 0 Å². The van der Waals surface area contributed by atoms with Crippen molar-refractivity contribution in [2.45, 2.75) is 64.7 Å². The molecule has 1 unspecified atom stereocenters. The molecule has 0 radical (unpaired) electrons. The molecule has 0 aromatic heterocycles. The van der Waals surface area contributed by atoms with Gasteiger partial charge in [-0.2, -0.15) is 11.8 Å². The molecule has 3 nitrogen and oxygen atoms in total. The van der Waals surface area contributed by atoms with Crippen LogP contribution in [0.1, 0.15) is 54.4 Å². The molecule has 1 amide bonds. The Morgan fingerprint density at radius 3 is 2.28 bits per heavy atom. The summed E-state index contributed by atoms with van der Waals surface area (Å²) < 4.78 is 0.262. The molecule has 0 aromatic carbocycles. The maximum Gasteiger partial charge on any atom is 0.220 e. The number of nitrogens with one attached hydrogen (secondary N) is 1. The summed E-state index contributed by atoms with van der Waals surface area (Å²) in [7, 11) is 0. The zero-order valence-electron chi connectivity index (χ0n) is 12.7. The highest BCUT2D eigenvalue weighted by molar-refractivity contribution is 8.00. The van der Waals surface area contributed by atoms with Crippen LogP contribution in [0, 0.1) is 5.92 Å². The van der Waals surface area contributed by atoms with Crippen molar-refractivity contribution in [1.82, 2.24) is 5.32 Å². The fourth-order valence-corrected chi connectivity index (χ4v) is 2.08. The molecule has 0 aliphatic carbocycles. The number of amides is 1. The molecule has 1 atom stereocenters. The predicted molar refractivity (Wildman–Crippen MR) is 79.9 cm³/mol. The molecule has 2 N–H and O–H groups in total. The van der Waals surface area contributed by atoms with Crippen LogP contribution >= 0.6 is 11.8 Å². The Bertz CT molecular complexity index is 257. The largest absolute Gasteiger partial charge is 0.388 e. The van der Waals surface area contributed by atoms with E-state index in [1.54, 1.807) is 6.92 Å². The first-order chi connectivity index (χ1) is 8.04. The second-order valence-corrected chi connectivity index (χ2v) is 8.27. The molecule has 0 heterocycles. The lowest BCUT2D eigenvalue weighted by molar-refractivity contribution is -0.122. The summed E-state index contributed by atoms with van der Waals surface area (Å²) in [5.74, 6) is 1.16. The summed E-state index contributed by atoms with van der Waals surface area (Å²) in [6.45, 7) is 12.5. The van der Waals surface area contributed by atoms with E-state index in [0.717, 1.165) is 12.2 Å². The lowest BCUT2D eigenvalue weighted by atomic mass is 9.92. The van der Waals surface area contributed by atoms with Crippen molar-refractivity contribution in [3.8, 4) is 0 Å². The van der Waals surface area contributed by atoms with Crippen LogP contribution in [0.5, 0.6) is 0 Å². The third-order valence-electron chi connectivity index (χ3n) is 2.97. The number of rotatable bonds is 7. The summed E-state index contributed by atoms with van der Waals surface area (Å²) in [6, 6.07) is 0. The molecule has 0 aromatic rings. The van der Waals surface area contributed by atoms with Crippen LogP contribution in [-0.2, 0) is 4.79 Å². The zero-order valence-corrected chi connectivity index (χ0v) is 13.5. The van der Waals surface area contributed by atoms with Crippen LogP contribution in [0.15, 0.2) is 0 Å². The minimum absolute atomic E-state index is 0.0328. The standard InChI is InChI=1S/C14H29NO2S/c1-11(2)14(6,17)10-15-12(16)8-7-9-18-13(3,4)5/h11,17H,7-10H2,1-6H3,(H,15,16). The van der Waals surface area contributed by atoms with Gasteiger partial charge >= 0.3 is 0 Å². The van der Waals surface area contributed by atoms with Crippen molar-refractivity contribution in [3.05, 3.63) is 0 Å². The highest BCUT2D eigenvalue weighted by Crippen LogP contribution is 2.24. The molecular weight excluding hydrogens is 246 g/mol. The first-order valence-corrected chi connectivity index (χ1v) is 7.66. The van der Waals surface area contributed by atoms with Gasteiger partial charge in [0.05, 0.1) is 5.60 Å². The van der Waals surface area contributed by atoms with E-state index in [0.29, 0.717) is 13.0 Å². The monoisotopic (exact) mass is 275 g/mol. The van der Waals surface area contributed by atoms with Gasteiger partial charge in [-0.3, -0.25) is 4.79 Å². The Hall–Kier alpha value is -0.220. The van der Waals surface area contributed by atoms with Crippen LogP contribution in [0.3, 0.4) is 0 Å². The van der Waals surface area contributed by atoms with Gasteiger partial charge in [0, 0.05) is 17.7 Å². The second-order valence-electron chi connectivity index (χ2n) is 6.35. The first-order valence-electron chi connectivity index (χ1n) is 6.67. The Morgan fingerprint density at radius 1 is 1.28 bits per heavy atom. The molecular formula is C14H29NO2S. The highest BCUT2D eigenvalue weighted by Gasteiger charge is 2.25. The SMILES string of the molecule is CC(C)C(C)(O)CNC(=O)CCCSC(C)(C)C. The summed E-state index contributed by atoms with van der Waals surface area (Å²) in [5.41, 5.74) is -0.824. The molecule has 0 saturated carbocycles. The van der Waals surface area contributed by atoms with E-state index in [-0.39, 0.29) is 16.6 Å². The van der Waals surface area contributed by atoms with E-state index in [4.69, 9.17) is 0 Å². The average Bonchev–Trinajstić information content (AvgIpc) is 2.20. The number of hydrogen-bond acceptors (Lipinski definition) is 3. The van der Waals surface area contributed by atoms with Crippen LogP contribution < -0.4 is 5.32 Å². The second kappa shape index (κ2) is 7.39. The van der Waals surface area contributed by atoms with Gasteiger partial charge in [0.1, 0.15) is 0 Å². The highest BCUT2D eigenvalue weighted by atomic mass is 32.2. The Balaban J connectivity index is 3.74. The number of thioether (sulfide) groups is 1. The molecule has 0 aliphatic heterocycles. The average molecular weight is 275 g/mol. The number of aliphatic hydroxyl groups is 1. The summed E-state index contributed by atoms with van der Waals surface area (Å²) in [5, 5.41) is 12.8. The van der Waals surface area contributed by atoms with Gasteiger partial charge in [0.25, 0.3) is 0 Å². The predicted octanol–water partition coefficient (Wildman–Crippen LogP) is 2.82. The van der Waals surface area contributed by atoms with Crippen molar-refractivity contribution in [2.75, 3.05) is 12.3 Å². The Morgan fingerprint density at radius 2 is 1.83 bits per heavy atom. The quantitative estimate of drug-likeness (QED) is 0.702. The third-order valence-corrected chi connectivity index (χ3v) is 4.33. The summed E-state index contributed by atoms with van der Waals surface area (Å²) >= 11 is 1.87. The van der Waals surface area contributed by atoms with Crippen molar-refractivity contribution in [2.24, 2.45) is 5.92 Å². The van der Waals surface area contributed by atoms with Gasteiger partial charge < -0.3 is 10.4 Å². The number of carbonyl (C=O) groups excluding carboxylic acids is 1.